The highest BCUT2D eigenvalue weighted by Crippen LogP contribution is 2.39. The van der Waals surface area contributed by atoms with Gasteiger partial charge in [-0.25, -0.2) is 0 Å². The van der Waals surface area contributed by atoms with Crippen molar-refractivity contribution < 1.29 is 9.47 Å². The van der Waals surface area contributed by atoms with Gasteiger partial charge in [0, 0.05) is 5.56 Å². The molecule has 0 fully saturated rings. The maximum absolute atomic E-state index is 9.44. The molecular weight excluding hydrogens is 286 g/mol. The Labute approximate surface area is 129 Å². The van der Waals surface area contributed by atoms with Gasteiger partial charge in [-0.3, -0.25) is 0 Å². The molecule has 0 radical (unpaired) electrons. The van der Waals surface area contributed by atoms with Crippen LogP contribution in [0.4, 0.5) is 0 Å². The average Bonchev–Trinajstić information content (AvgIpc) is 2.55. The zero-order valence-corrected chi connectivity index (χ0v) is 12.5. The van der Waals surface area contributed by atoms with Crippen molar-refractivity contribution in [1.82, 2.24) is 0 Å². The molecule has 106 valence electrons. The van der Waals surface area contributed by atoms with Gasteiger partial charge < -0.3 is 9.47 Å². The Morgan fingerprint density at radius 1 is 1.00 bits per heavy atom. The number of nitriles is 1. The van der Waals surface area contributed by atoms with Crippen molar-refractivity contribution in [3.8, 4) is 17.6 Å². The van der Waals surface area contributed by atoms with Crippen molar-refractivity contribution >= 4 is 22.2 Å². The lowest BCUT2D eigenvalue weighted by molar-refractivity contribution is 0.354. The monoisotopic (exact) mass is 299 g/mol. The standard InChI is InChI=1S/C17H14ClNO2/c1-20-15-10-6-9-13(17(15)21-2)16(18)14(11-19)12-7-4-3-5-8-12/h3-10H,1-2H3. The normalized spacial score (nSPS) is 11.3. The Hall–Kier alpha value is -2.44. The van der Waals surface area contributed by atoms with Crippen LogP contribution < -0.4 is 9.47 Å². The fraction of sp³-hybridized carbons (Fsp3) is 0.118. The molecule has 0 saturated heterocycles. The molecule has 0 unspecified atom stereocenters. The molecule has 0 heterocycles. The van der Waals surface area contributed by atoms with Crippen molar-refractivity contribution in [2.24, 2.45) is 0 Å². The van der Waals surface area contributed by atoms with Gasteiger partial charge in [-0.1, -0.05) is 48.0 Å². The van der Waals surface area contributed by atoms with Gasteiger partial charge in [0.25, 0.3) is 0 Å². The molecule has 0 amide bonds. The van der Waals surface area contributed by atoms with E-state index in [0.717, 1.165) is 5.56 Å². The van der Waals surface area contributed by atoms with Crippen molar-refractivity contribution in [3.63, 3.8) is 0 Å². The van der Waals surface area contributed by atoms with Crippen LogP contribution in [0.25, 0.3) is 10.6 Å². The summed E-state index contributed by atoms with van der Waals surface area (Å²) in [7, 11) is 3.10. The summed E-state index contributed by atoms with van der Waals surface area (Å²) in [5.41, 5.74) is 1.78. The fourth-order valence-electron chi connectivity index (χ4n) is 2.04. The molecule has 2 aromatic carbocycles. The van der Waals surface area contributed by atoms with E-state index in [-0.39, 0.29) is 0 Å². The van der Waals surface area contributed by atoms with E-state index in [2.05, 4.69) is 6.07 Å². The second-order valence-corrected chi connectivity index (χ2v) is 4.59. The molecule has 0 spiro atoms. The smallest absolute Gasteiger partial charge is 0.169 e. The fourth-order valence-corrected chi connectivity index (χ4v) is 2.34. The summed E-state index contributed by atoms with van der Waals surface area (Å²) in [6.07, 6.45) is 0. The topological polar surface area (TPSA) is 42.2 Å². The Morgan fingerprint density at radius 3 is 2.29 bits per heavy atom. The summed E-state index contributed by atoms with van der Waals surface area (Å²) in [4.78, 5) is 0. The predicted molar refractivity (Wildman–Crippen MR) is 84.3 cm³/mol. The first kappa shape index (κ1) is 15.0. The minimum absolute atomic E-state index is 0.333. The minimum Gasteiger partial charge on any atom is -0.493 e. The Bertz CT molecular complexity index is 702. The van der Waals surface area contributed by atoms with E-state index < -0.39 is 0 Å². The van der Waals surface area contributed by atoms with Crippen LogP contribution in [-0.4, -0.2) is 14.2 Å². The van der Waals surface area contributed by atoms with Crippen LogP contribution in [0.2, 0.25) is 0 Å². The van der Waals surface area contributed by atoms with E-state index in [0.29, 0.717) is 27.7 Å². The quantitative estimate of drug-likeness (QED) is 0.623. The zero-order chi connectivity index (χ0) is 15.2. The van der Waals surface area contributed by atoms with Crippen molar-refractivity contribution in [2.75, 3.05) is 14.2 Å². The van der Waals surface area contributed by atoms with E-state index >= 15 is 0 Å². The summed E-state index contributed by atoms with van der Waals surface area (Å²) in [6, 6.07) is 16.8. The number of rotatable bonds is 4. The summed E-state index contributed by atoms with van der Waals surface area (Å²) in [5.74, 6) is 1.08. The summed E-state index contributed by atoms with van der Waals surface area (Å²) < 4.78 is 10.6. The number of para-hydroxylation sites is 1. The van der Waals surface area contributed by atoms with E-state index in [1.54, 1.807) is 32.4 Å². The van der Waals surface area contributed by atoms with Crippen LogP contribution >= 0.6 is 11.6 Å². The largest absolute Gasteiger partial charge is 0.493 e. The van der Waals surface area contributed by atoms with Crippen LogP contribution in [0, 0.1) is 11.3 Å². The van der Waals surface area contributed by atoms with Crippen LogP contribution in [0.3, 0.4) is 0 Å². The summed E-state index contributed by atoms with van der Waals surface area (Å²) >= 11 is 6.44. The van der Waals surface area contributed by atoms with Gasteiger partial charge in [0.05, 0.1) is 24.8 Å². The number of halogens is 1. The molecule has 2 rings (SSSR count). The van der Waals surface area contributed by atoms with Crippen LogP contribution in [0.5, 0.6) is 11.5 Å². The number of nitrogens with zero attached hydrogens (tertiary/aromatic N) is 1. The molecule has 0 aliphatic carbocycles. The van der Waals surface area contributed by atoms with Gasteiger partial charge >= 0.3 is 0 Å². The Balaban J connectivity index is 2.65. The van der Waals surface area contributed by atoms with Gasteiger partial charge in [0.1, 0.15) is 6.07 Å². The molecule has 3 nitrogen and oxygen atoms in total. The average molecular weight is 300 g/mol. The molecule has 0 bridgehead atoms. The predicted octanol–water partition coefficient (Wildman–Crippen LogP) is 4.33. The second-order valence-electron chi connectivity index (χ2n) is 4.21. The van der Waals surface area contributed by atoms with Crippen molar-refractivity contribution in [3.05, 3.63) is 59.7 Å². The van der Waals surface area contributed by atoms with Gasteiger partial charge in [-0.05, 0) is 17.7 Å². The molecule has 0 atom stereocenters. The minimum atomic E-state index is 0.333. The number of benzene rings is 2. The van der Waals surface area contributed by atoms with Crippen LogP contribution in [-0.2, 0) is 0 Å². The third-order valence-corrected chi connectivity index (χ3v) is 3.43. The first-order valence-electron chi connectivity index (χ1n) is 6.29. The highest BCUT2D eigenvalue weighted by molar-refractivity contribution is 6.53. The van der Waals surface area contributed by atoms with Gasteiger partial charge in [-0.15, -0.1) is 0 Å². The van der Waals surface area contributed by atoms with Crippen molar-refractivity contribution in [2.45, 2.75) is 0 Å². The van der Waals surface area contributed by atoms with E-state index in [4.69, 9.17) is 21.1 Å². The van der Waals surface area contributed by atoms with Crippen LogP contribution in [0.1, 0.15) is 11.1 Å². The van der Waals surface area contributed by atoms with E-state index in [1.807, 2.05) is 30.3 Å². The first-order valence-corrected chi connectivity index (χ1v) is 6.67. The highest BCUT2D eigenvalue weighted by atomic mass is 35.5. The van der Waals surface area contributed by atoms with Crippen LogP contribution in [0.15, 0.2) is 48.5 Å². The van der Waals surface area contributed by atoms with Gasteiger partial charge in [0.2, 0.25) is 0 Å². The molecule has 0 aromatic heterocycles. The van der Waals surface area contributed by atoms with Gasteiger partial charge in [-0.2, -0.15) is 5.26 Å². The number of hydrogen-bond donors (Lipinski definition) is 0. The summed E-state index contributed by atoms with van der Waals surface area (Å²) in [5, 5.41) is 9.77. The SMILES string of the molecule is COc1cccc(C(Cl)=C(C#N)c2ccccc2)c1OC. The molecular formula is C17H14ClNO2. The molecule has 21 heavy (non-hydrogen) atoms. The van der Waals surface area contributed by atoms with Gasteiger partial charge in [0.15, 0.2) is 11.5 Å². The third kappa shape index (κ3) is 3.01. The van der Waals surface area contributed by atoms with E-state index in [1.165, 1.54) is 0 Å². The molecule has 2 aromatic rings. The number of ether oxygens (including phenoxy) is 2. The maximum Gasteiger partial charge on any atom is 0.169 e. The number of methoxy groups -OCH3 is 2. The molecule has 0 aliphatic rings. The van der Waals surface area contributed by atoms with Crippen molar-refractivity contribution in [1.29, 1.82) is 5.26 Å². The lowest BCUT2D eigenvalue weighted by Crippen LogP contribution is -1.95. The summed E-state index contributed by atoms with van der Waals surface area (Å²) in [6.45, 7) is 0. The Kier molecular flexibility index (Phi) is 4.86. The lowest BCUT2D eigenvalue weighted by Gasteiger charge is -2.13. The molecule has 0 N–H and O–H groups in total. The first-order chi connectivity index (χ1) is 10.2. The number of hydrogen-bond acceptors (Lipinski definition) is 3. The third-order valence-electron chi connectivity index (χ3n) is 3.03. The highest BCUT2D eigenvalue weighted by Gasteiger charge is 2.16. The number of allylic oxidation sites excluding steroid dienone is 1. The maximum atomic E-state index is 9.44. The Morgan fingerprint density at radius 2 is 1.71 bits per heavy atom. The molecule has 0 saturated carbocycles. The molecule has 4 heteroatoms. The van der Waals surface area contributed by atoms with E-state index in [9.17, 15) is 5.26 Å². The lowest BCUT2D eigenvalue weighted by atomic mass is 10.0. The molecule has 0 aliphatic heterocycles. The zero-order valence-electron chi connectivity index (χ0n) is 11.8. The second kappa shape index (κ2) is 6.83.